The quantitative estimate of drug-likeness (QED) is 0.428. The minimum absolute atomic E-state index is 0.405. The van der Waals surface area contributed by atoms with Crippen LogP contribution in [0, 0.1) is 23.7 Å². The van der Waals surface area contributed by atoms with Crippen LogP contribution in [0.25, 0.3) is 0 Å². The van der Waals surface area contributed by atoms with E-state index in [0.29, 0.717) is 31.2 Å². The third-order valence-corrected chi connectivity index (χ3v) is 8.01. The molecule has 9 heteroatoms. The van der Waals surface area contributed by atoms with Gasteiger partial charge < -0.3 is 16.2 Å². The zero-order valence-corrected chi connectivity index (χ0v) is 20.7. The van der Waals surface area contributed by atoms with Crippen LogP contribution in [0.15, 0.2) is 48.5 Å². The number of benzene rings is 2. The standard InChI is InChI=1S/C25H30N2O3.CH4O3S/c26-14-16-1-5-20(6-2-16)24(21-7-3-17(15-27)4-8-21)28-25(30-29-24)22-10-18-9-19(12-22)13-23(25)11-18;1-5(2,3)4/h1-8,18-19,22-23H,9-15,26-27H2;1H3,(H,2,3,4). The third-order valence-electron chi connectivity index (χ3n) is 8.01. The van der Waals surface area contributed by atoms with E-state index in [-0.39, 0.29) is 0 Å². The normalized spacial score (nSPS) is 32.5. The molecule has 4 aliphatic carbocycles. The molecule has 1 heterocycles. The molecule has 8 nitrogen and oxygen atoms in total. The lowest BCUT2D eigenvalue weighted by Crippen LogP contribution is -2.59. The van der Waals surface area contributed by atoms with Gasteiger partial charge in [-0.25, -0.2) is 0 Å². The minimum atomic E-state index is -3.67. The molecule has 1 saturated heterocycles. The van der Waals surface area contributed by atoms with E-state index in [0.717, 1.165) is 34.1 Å². The Labute approximate surface area is 206 Å². The summed E-state index contributed by atoms with van der Waals surface area (Å²) < 4.78 is 32.9. The highest BCUT2D eigenvalue weighted by Gasteiger charge is 2.67. The van der Waals surface area contributed by atoms with Crippen LogP contribution in [-0.4, -0.2) is 25.0 Å². The number of ether oxygens (including phenoxy) is 1. The first-order valence-electron chi connectivity index (χ1n) is 12.2. The first-order valence-corrected chi connectivity index (χ1v) is 14.1. The maximum absolute atomic E-state index is 9.19. The highest BCUT2D eigenvalue weighted by atomic mass is 32.2. The molecular weight excluding hydrogens is 468 g/mol. The van der Waals surface area contributed by atoms with Crippen molar-refractivity contribution in [2.75, 3.05) is 6.26 Å². The Balaban J connectivity index is 0.000000464. The van der Waals surface area contributed by atoms with Gasteiger partial charge in [-0.3, -0.25) is 4.55 Å². The average Bonchev–Trinajstić information content (AvgIpc) is 3.24. The molecular formula is C26H34N2O6S. The average molecular weight is 503 g/mol. The van der Waals surface area contributed by atoms with E-state index in [9.17, 15) is 8.42 Å². The van der Waals surface area contributed by atoms with Gasteiger partial charge in [0.2, 0.25) is 5.79 Å². The summed E-state index contributed by atoms with van der Waals surface area (Å²) in [7, 11) is -3.67. The van der Waals surface area contributed by atoms with Crippen LogP contribution in [0.1, 0.15) is 54.4 Å². The van der Waals surface area contributed by atoms with Gasteiger partial charge in [-0.05, 0) is 55.1 Å². The maximum Gasteiger partial charge on any atom is 0.261 e. The first kappa shape index (κ1) is 24.8. The highest BCUT2D eigenvalue weighted by Crippen LogP contribution is 2.64. The van der Waals surface area contributed by atoms with E-state index in [1.54, 1.807) is 0 Å². The van der Waals surface area contributed by atoms with E-state index in [2.05, 4.69) is 24.3 Å². The molecule has 4 saturated carbocycles. The molecule has 2 aromatic carbocycles. The second kappa shape index (κ2) is 9.23. The van der Waals surface area contributed by atoms with E-state index in [1.807, 2.05) is 24.3 Å². The maximum atomic E-state index is 9.19. The molecule has 2 aromatic rings. The van der Waals surface area contributed by atoms with Gasteiger partial charge in [0.05, 0.1) is 6.26 Å². The molecule has 5 aliphatic rings. The zero-order valence-electron chi connectivity index (χ0n) is 19.9. The predicted octanol–water partition coefficient (Wildman–Crippen LogP) is 3.44. The van der Waals surface area contributed by atoms with E-state index in [4.69, 9.17) is 30.5 Å². The Hall–Kier alpha value is -1.85. The summed E-state index contributed by atoms with van der Waals surface area (Å²) in [5.74, 6) is 0.743. The Morgan fingerprint density at radius 3 is 1.57 bits per heavy atom. The van der Waals surface area contributed by atoms with Gasteiger partial charge in [0.15, 0.2) is 0 Å². The molecule has 0 unspecified atom stereocenters. The van der Waals surface area contributed by atoms with Crippen molar-refractivity contribution >= 4 is 10.1 Å². The molecule has 1 spiro atoms. The topological polar surface area (TPSA) is 134 Å². The van der Waals surface area contributed by atoms with Crippen molar-refractivity contribution in [1.29, 1.82) is 0 Å². The third kappa shape index (κ3) is 4.67. The Morgan fingerprint density at radius 2 is 1.20 bits per heavy atom. The van der Waals surface area contributed by atoms with Crippen molar-refractivity contribution in [3.8, 4) is 0 Å². The van der Waals surface area contributed by atoms with Crippen molar-refractivity contribution in [3.05, 3.63) is 70.8 Å². The second-order valence-electron chi connectivity index (χ2n) is 10.4. The van der Waals surface area contributed by atoms with E-state index in [1.165, 1.54) is 32.1 Å². The molecule has 0 radical (unpaired) electrons. The first-order chi connectivity index (χ1) is 16.6. The number of nitrogens with two attached hydrogens (primary N) is 2. The van der Waals surface area contributed by atoms with Crippen molar-refractivity contribution in [1.82, 2.24) is 0 Å². The molecule has 5 fully saturated rings. The van der Waals surface area contributed by atoms with Crippen LogP contribution in [-0.2, 0) is 43.5 Å². The lowest BCUT2D eigenvalue weighted by atomic mass is 9.53. The Kier molecular flexibility index (Phi) is 6.54. The molecule has 1 aliphatic heterocycles. The zero-order chi connectivity index (χ0) is 24.8. The fraction of sp³-hybridized carbons (Fsp3) is 0.538. The fourth-order valence-electron chi connectivity index (χ4n) is 6.63. The van der Waals surface area contributed by atoms with Crippen LogP contribution < -0.4 is 11.5 Å². The molecule has 35 heavy (non-hydrogen) atoms. The lowest BCUT2D eigenvalue weighted by Gasteiger charge is -2.57. The van der Waals surface area contributed by atoms with Crippen LogP contribution in [0.3, 0.4) is 0 Å². The Morgan fingerprint density at radius 1 is 0.800 bits per heavy atom. The number of rotatable bonds is 4. The molecule has 0 amide bonds. The molecule has 5 N–H and O–H groups in total. The number of hydrogen-bond donors (Lipinski definition) is 3. The van der Waals surface area contributed by atoms with Gasteiger partial charge in [-0.2, -0.15) is 18.2 Å². The monoisotopic (exact) mass is 502 g/mol. The summed E-state index contributed by atoms with van der Waals surface area (Å²) in [5.41, 5.74) is 15.7. The van der Waals surface area contributed by atoms with Crippen LogP contribution in [0.4, 0.5) is 0 Å². The SMILES string of the molecule is CS(=O)(=O)O.NCc1ccc(C2(c3ccc(CN)cc3)OOC3(O2)C2CC4CC(C2)CC3C4)cc1. The van der Waals surface area contributed by atoms with Crippen LogP contribution in [0.2, 0.25) is 0 Å². The molecule has 0 aromatic heterocycles. The minimum Gasteiger partial charge on any atom is -0.326 e. The summed E-state index contributed by atoms with van der Waals surface area (Å²) >= 11 is 0. The Bertz CT molecular complexity index is 1070. The molecule has 0 atom stereocenters. The predicted molar refractivity (Wildman–Crippen MR) is 130 cm³/mol. The van der Waals surface area contributed by atoms with Crippen molar-refractivity contribution in [3.63, 3.8) is 0 Å². The summed E-state index contributed by atoms with van der Waals surface area (Å²) in [4.78, 5) is 12.5. The van der Waals surface area contributed by atoms with Crippen molar-refractivity contribution < 1.29 is 27.5 Å². The van der Waals surface area contributed by atoms with Gasteiger partial charge >= 0.3 is 0 Å². The van der Waals surface area contributed by atoms with Gasteiger partial charge in [-0.1, -0.05) is 48.5 Å². The van der Waals surface area contributed by atoms with E-state index >= 15 is 0 Å². The lowest BCUT2D eigenvalue weighted by molar-refractivity contribution is -0.387. The fourth-order valence-corrected chi connectivity index (χ4v) is 6.63. The smallest absolute Gasteiger partial charge is 0.261 e. The summed E-state index contributed by atoms with van der Waals surface area (Å²) in [6.07, 6.45) is 6.84. The molecule has 7 rings (SSSR count). The van der Waals surface area contributed by atoms with Gasteiger partial charge in [0, 0.05) is 36.1 Å². The van der Waals surface area contributed by atoms with Gasteiger partial charge in [-0.15, -0.1) is 0 Å². The molecule has 4 bridgehead atoms. The largest absolute Gasteiger partial charge is 0.326 e. The number of hydrogen-bond acceptors (Lipinski definition) is 7. The van der Waals surface area contributed by atoms with E-state index < -0.39 is 21.7 Å². The summed E-state index contributed by atoms with van der Waals surface area (Å²) in [6, 6.07) is 16.4. The van der Waals surface area contributed by atoms with Crippen LogP contribution >= 0.6 is 0 Å². The molecule has 190 valence electrons. The van der Waals surface area contributed by atoms with Gasteiger partial charge in [0.1, 0.15) is 0 Å². The van der Waals surface area contributed by atoms with Gasteiger partial charge in [0.25, 0.3) is 15.9 Å². The van der Waals surface area contributed by atoms with Crippen LogP contribution in [0.5, 0.6) is 0 Å². The summed E-state index contributed by atoms with van der Waals surface area (Å²) in [5, 5.41) is 0. The van der Waals surface area contributed by atoms with Crippen molar-refractivity contribution in [2.45, 2.75) is 56.8 Å². The summed E-state index contributed by atoms with van der Waals surface area (Å²) in [6.45, 7) is 1.01. The highest BCUT2D eigenvalue weighted by molar-refractivity contribution is 7.85. The second-order valence-corrected chi connectivity index (χ2v) is 11.9. The van der Waals surface area contributed by atoms with Crippen molar-refractivity contribution in [2.24, 2.45) is 35.1 Å².